The Hall–Kier alpha value is -0.970. The van der Waals surface area contributed by atoms with Crippen molar-refractivity contribution in [3.63, 3.8) is 0 Å². The number of hydrogen-bond acceptors (Lipinski definition) is 3. The zero-order valence-electron chi connectivity index (χ0n) is 15.9. The van der Waals surface area contributed by atoms with Gasteiger partial charge >= 0.3 is 0 Å². The van der Waals surface area contributed by atoms with E-state index in [2.05, 4.69) is 29.3 Å². The van der Waals surface area contributed by atoms with Gasteiger partial charge in [-0.05, 0) is 69.0 Å². The second kappa shape index (κ2) is 8.61. The fourth-order valence-electron chi connectivity index (χ4n) is 4.02. The lowest BCUT2D eigenvalue weighted by atomic mass is 9.92. The molecule has 2 heterocycles. The first-order chi connectivity index (χ1) is 12.1. The summed E-state index contributed by atoms with van der Waals surface area (Å²) in [6.07, 6.45) is 4.98. The van der Waals surface area contributed by atoms with Gasteiger partial charge in [0.1, 0.15) is 0 Å². The van der Waals surface area contributed by atoms with E-state index in [1.54, 1.807) is 5.57 Å². The van der Waals surface area contributed by atoms with Crippen molar-refractivity contribution in [2.24, 2.45) is 0 Å². The van der Waals surface area contributed by atoms with Crippen LogP contribution in [0.4, 0.5) is 0 Å². The van der Waals surface area contributed by atoms with Crippen LogP contribution in [0.1, 0.15) is 52.0 Å². The van der Waals surface area contributed by atoms with Gasteiger partial charge < -0.3 is 5.32 Å². The molecule has 2 saturated heterocycles. The first kappa shape index (κ1) is 18.8. The topological polar surface area (TPSA) is 32.3 Å². The fraction of sp³-hybridized carbons (Fsp3) is 0.619. The van der Waals surface area contributed by atoms with Crippen molar-refractivity contribution in [1.29, 1.82) is 0 Å². The van der Waals surface area contributed by atoms with Crippen LogP contribution < -0.4 is 5.32 Å². The molecule has 1 atom stereocenters. The van der Waals surface area contributed by atoms with Crippen LogP contribution in [-0.4, -0.2) is 46.6 Å². The molecule has 1 N–H and O–H groups in total. The van der Waals surface area contributed by atoms with E-state index in [1.165, 1.54) is 63.0 Å². The van der Waals surface area contributed by atoms with Gasteiger partial charge in [0.15, 0.2) is 0 Å². The minimum atomic E-state index is -0.897. The average molecular weight is 361 g/mol. The Morgan fingerprint density at radius 3 is 2.28 bits per heavy atom. The molecule has 0 bridgehead atoms. The number of likely N-dealkylation sites (tertiary alicyclic amines) is 1. The van der Waals surface area contributed by atoms with E-state index in [0.717, 1.165) is 10.9 Å². The highest BCUT2D eigenvalue weighted by atomic mass is 32.2. The maximum atomic E-state index is 12.2. The van der Waals surface area contributed by atoms with Crippen molar-refractivity contribution < 1.29 is 4.21 Å². The summed E-state index contributed by atoms with van der Waals surface area (Å²) in [5, 5.41) is 3.63. The molecule has 3 nitrogen and oxygen atoms in total. The fourth-order valence-corrected chi connectivity index (χ4v) is 4.97. The number of allylic oxidation sites excluding steroid dienone is 1. The first-order valence-corrected chi connectivity index (χ1v) is 10.9. The zero-order chi connectivity index (χ0) is 17.8. The Kier molecular flexibility index (Phi) is 6.48. The quantitative estimate of drug-likeness (QED) is 0.886. The van der Waals surface area contributed by atoms with Crippen molar-refractivity contribution in [2.75, 3.05) is 26.2 Å². The van der Waals surface area contributed by atoms with E-state index < -0.39 is 10.8 Å². The third-order valence-corrected chi connectivity index (χ3v) is 7.30. The summed E-state index contributed by atoms with van der Waals surface area (Å²) in [7, 11) is -0.897. The summed E-state index contributed by atoms with van der Waals surface area (Å²) in [5.74, 6) is 0. The minimum Gasteiger partial charge on any atom is -0.317 e. The normalized spacial score (nSPS) is 21.5. The van der Waals surface area contributed by atoms with Gasteiger partial charge in [0, 0.05) is 29.3 Å². The molecule has 1 unspecified atom stereocenters. The van der Waals surface area contributed by atoms with E-state index in [1.807, 2.05) is 26.0 Å². The zero-order valence-corrected chi connectivity index (χ0v) is 16.7. The predicted molar refractivity (Wildman–Crippen MR) is 107 cm³/mol. The van der Waals surface area contributed by atoms with Crippen LogP contribution in [0.25, 0.3) is 5.57 Å². The Bertz CT molecular complexity index is 620. The minimum absolute atomic E-state index is 0.171. The van der Waals surface area contributed by atoms with Crippen LogP contribution in [0, 0.1) is 0 Å². The van der Waals surface area contributed by atoms with E-state index in [4.69, 9.17) is 0 Å². The van der Waals surface area contributed by atoms with Gasteiger partial charge in [0.25, 0.3) is 0 Å². The molecule has 3 rings (SSSR count). The number of piperidine rings is 2. The van der Waals surface area contributed by atoms with Gasteiger partial charge in [-0.3, -0.25) is 9.11 Å². The molecular weight excluding hydrogens is 328 g/mol. The second-order valence-corrected chi connectivity index (χ2v) is 9.63. The maximum absolute atomic E-state index is 12.2. The Labute approximate surface area is 155 Å². The predicted octanol–water partition coefficient (Wildman–Crippen LogP) is 3.82. The Balaban J connectivity index is 1.64. The first-order valence-electron chi connectivity index (χ1n) is 9.70. The number of hydrogen-bond donors (Lipinski definition) is 1. The van der Waals surface area contributed by atoms with Crippen molar-refractivity contribution in [3.05, 3.63) is 35.4 Å². The van der Waals surface area contributed by atoms with Crippen LogP contribution >= 0.6 is 0 Å². The Morgan fingerprint density at radius 1 is 1.12 bits per heavy atom. The highest BCUT2D eigenvalue weighted by Gasteiger charge is 2.24. The van der Waals surface area contributed by atoms with Crippen molar-refractivity contribution >= 4 is 16.4 Å². The molecule has 138 valence electrons. The van der Waals surface area contributed by atoms with Gasteiger partial charge in [0.2, 0.25) is 0 Å². The van der Waals surface area contributed by atoms with Crippen LogP contribution in [0.15, 0.2) is 34.7 Å². The molecule has 25 heavy (non-hydrogen) atoms. The van der Waals surface area contributed by atoms with Crippen LogP contribution in [0.3, 0.4) is 0 Å². The summed E-state index contributed by atoms with van der Waals surface area (Å²) in [5.41, 5.74) is 4.31. The van der Waals surface area contributed by atoms with Crippen LogP contribution in [0.2, 0.25) is 0 Å². The van der Waals surface area contributed by atoms with Gasteiger partial charge in [-0.2, -0.15) is 0 Å². The summed E-state index contributed by atoms with van der Waals surface area (Å²) >= 11 is 0. The molecule has 1 aromatic rings. The monoisotopic (exact) mass is 360 g/mol. The Morgan fingerprint density at radius 2 is 1.72 bits per heavy atom. The smallest absolute Gasteiger partial charge is 0.0555 e. The highest BCUT2D eigenvalue weighted by Crippen LogP contribution is 2.29. The number of nitrogens with zero attached hydrogens (tertiary/aromatic N) is 1. The van der Waals surface area contributed by atoms with Crippen molar-refractivity contribution in [1.82, 2.24) is 10.2 Å². The summed E-state index contributed by atoms with van der Waals surface area (Å²) in [6, 6.07) is 9.17. The molecule has 0 aliphatic carbocycles. The van der Waals surface area contributed by atoms with E-state index >= 15 is 0 Å². The molecule has 0 spiro atoms. The molecule has 2 aliphatic rings. The summed E-state index contributed by atoms with van der Waals surface area (Å²) < 4.78 is 12.2. The molecule has 4 heteroatoms. The van der Waals surface area contributed by atoms with Crippen molar-refractivity contribution in [3.8, 4) is 0 Å². The van der Waals surface area contributed by atoms with E-state index in [9.17, 15) is 4.21 Å². The molecule has 0 saturated carbocycles. The van der Waals surface area contributed by atoms with Gasteiger partial charge in [-0.25, -0.2) is 0 Å². The molecule has 0 aromatic heterocycles. The van der Waals surface area contributed by atoms with Crippen LogP contribution in [-0.2, 0) is 10.8 Å². The molecule has 2 aliphatic heterocycles. The van der Waals surface area contributed by atoms with Gasteiger partial charge in [0.05, 0.1) is 10.8 Å². The third-order valence-electron chi connectivity index (χ3n) is 5.70. The van der Waals surface area contributed by atoms with Crippen LogP contribution in [0.5, 0.6) is 0 Å². The lowest BCUT2D eigenvalue weighted by Crippen LogP contribution is -2.45. The second-order valence-electron chi connectivity index (χ2n) is 7.62. The number of benzene rings is 1. The number of nitrogens with one attached hydrogen (secondary N) is 1. The molecule has 2 fully saturated rings. The maximum Gasteiger partial charge on any atom is 0.0555 e. The highest BCUT2D eigenvalue weighted by molar-refractivity contribution is 7.85. The molecule has 0 amide bonds. The molecule has 0 radical (unpaired) electrons. The van der Waals surface area contributed by atoms with E-state index in [0.29, 0.717) is 0 Å². The van der Waals surface area contributed by atoms with E-state index in [-0.39, 0.29) is 5.25 Å². The SMILES string of the molecule is CC(=C1CCN(C2CCNCC2)CC1)c1ccc(S(=O)C(C)C)cc1. The molecular formula is C21H32N2OS. The van der Waals surface area contributed by atoms with Crippen molar-refractivity contribution in [2.45, 2.75) is 62.6 Å². The van der Waals surface area contributed by atoms with Gasteiger partial charge in [-0.15, -0.1) is 0 Å². The summed E-state index contributed by atoms with van der Waals surface area (Å²) in [6.45, 7) is 11.0. The third kappa shape index (κ3) is 4.60. The summed E-state index contributed by atoms with van der Waals surface area (Å²) in [4.78, 5) is 3.64. The average Bonchev–Trinajstić information content (AvgIpc) is 2.67. The van der Waals surface area contributed by atoms with Gasteiger partial charge in [-0.1, -0.05) is 31.6 Å². The lowest BCUT2D eigenvalue weighted by Gasteiger charge is -2.38. The number of rotatable bonds is 4. The standard InChI is InChI=1S/C21H32N2OS/c1-16(2)25(24)21-6-4-18(5-7-21)17(3)19-10-14-23(15-11-19)20-8-12-22-13-9-20/h4-7,16,20,22H,8-15H2,1-3H3. The molecule has 1 aromatic carbocycles. The lowest BCUT2D eigenvalue weighted by molar-refractivity contribution is 0.152. The largest absolute Gasteiger partial charge is 0.317 e.